The van der Waals surface area contributed by atoms with Crippen molar-refractivity contribution in [3.05, 3.63) is 22.8 Å². The summed E-state index contributed by atoms with van der Waals surface area (Å²) in [6, 6.07) is 0. The van der Waals surface area contributed by atoms with Crippen molar-refractivity contribution in [2.75, 3.05) is 5.33 Å². The van der Waals surface area contributed by atoms with Crippen LogP contribution in [0, 0.1) is 0 Å². The summed E-state index contributed by atoms with van der Waals surface area (Å²) in [7, 11) is 0. The Morgan fingerprint density at radius 3 is 2.73 bits per heavy atom. The molecule has 0 fully saturated rings. The van der Waals surface area contributed by atoms with E-state index in [0.29, 0.717) is 0 Å². The van der Waals surface area contributed by atoms with E-state index in [2.05, 4.69) is 35.9 Å². The first kappa shape index (κ1) is 9.05. The number of halogens is 1. The van der Waals surface area contributed by atoms with Gasteiger partial charge in [-0.05, 0) is 33.1 Å². The number of rotatable bonds is 1. The molecule has 11 heavy (non-hydrogen) atoms. The van der Waals surface area contributed by atoms with Crippen molar-refractivity contribution in [1.82, 2.24) is 0 Å². The third kappa shape index (κ3) is 2.48. The Bertz CT molecular complexity index is 199. The summed E-state index contributed by atoms with van der Waals surface area (Å²) in [5, 5.41) is 1.04. The molecule has 0 atom stereocenters. The van der Waals surface area contributed by atoms with E-state index in [1.54, 1.807) is 11.1 Å². The van der Waals surface area contributed by atoms with Crippen LogP contribution in [0.3, 0.4) is 0 Å². The van der Waals surface area contributed by atoms with Gasteiger partial charge in [0.15, 0.2) is 0 Å². The van der Waals surface area contributed by atoms with Gasteiger partial charge in [-0.1, -0.05) is 38.7 Å². The van der Waals surface area contributed by atoms with Gasteiger partial charge >= 0.3 is 0 Å². The second kappa shape index (κ2) is 4.10. The topological polar surface area (TPSA) is 0 Å². The molecule has 0 radical (unpaired) electrons. The SMILES string of the molecule is CC1=CC/C(=C(/C)CBr)CC1. The van der Waals surface area contributed by atoms with Crippen molar-refractivity contribution < 1.29 is 0 Å². The summed E-state index contributed by atoms with van der Waals surface area (Å²) in [5.74, 6) is 0. The van der Waals surface area contributed by atoms with Crippen LogP contribution in [0.1, 0.15) is 33.1 Å². The summed E-state index contributed by atoms with van der Waals surface area (Å²) in [4.78, 5) is 0. The van der Waals surface area contributed by atoms with Gasteiger partial charge in [-0.25, -0.2) is 0 Å². The zero-order valence-corrected chi connectivity index (χ0v) is 8.87. The Morgan fingerprint density at radius 1 is 1.55 bits per heavy atom. The van der Waals surface area contributed by atoms with Crippen LogP contribution in [-0.2, 0) is 0 Å². The van der Waals surface area contributed by atoms with Gasteiger partial charge in [0.05, 0.1) is 0 Å². The van der Waals surface area contributed by atoms with Crippen LogP contribution < -0.4 is 0 Å². The minimum absolute atomic E-state index is 1.04. The summed E-state index contributed by atoms with van der Waals surface area (Å²) in [6.07, 6.45) is 6.08. The highest BCUT2D eigenvalue weighted by Gasteiger charge is 2.06. The van der Waals surface area contributed by atoms with Crippen molar-refractivity contribution >= 4 is 15.9 Å². The molecule has 0 aromatic rings. The molecular formula is C10H15Br. The lowest BCUT2D eigenvalue weighted by Crippen LogP contribution is -1.96. The zero-order valence-electron chi connectivity index (χ0n) is 7.28. The molecule has 0 spiro atoms. The second-order valence-corrected chi connectivity index (χ2v) is 3.83. The lowest BCUT2D eigenvalue weighted by molar-refractivity contribution is 0.835. The van der Waals surface area contributed by atoms with Crippen LogP contribution >= 0.6 is 15.9 Å². The fourth-order valence-corrected chi connectivity index (χ4v) is 1.73. The van der Waals surface area contributed by atoms with Crippen molar-refractivity contribution in [3.8, 4) is 0 Å². The smallest absolute Gasteiger partial charge is 0.0241 e. The predicted octanol–water partition coefficient (Wildman–Crippen LogP) is 3.83. The van der Waals surface area contributed by atoms with Crippen LogP contribution in [0.4, 0.5) is 0 Å². The zero-order chi connectivity index (χ0) is 8.27. The van der Waals surface area contributed by atoms with E-state index < -0.39 is 0 Å². The minimum atomic E-state index is 1.04. The Hall–Kier alpha value is -0.0400. The molecule has 62 valence electrons. The lowest BCUT2D eigenvalue weighted by atomic mass is 9.93. The van der Waals surface area contributed by atoms with Gasteiger partial charge in [0.1, 0.15) is 0 Å². The van der Waals surface area contributed by atoms with Crippen LogP contribution in [-0.4, -0.2) is 5.33 Å². The van der Waals surface area contributed by atoms with Crippen molar-refractivity contribution in [3.63, 3.8) is 0 Å². The highest BCUT2D eigenvalue weighted by molar-refractivity contribution is 9.09. The van der Waals surface area contributed by atoms with Gasteiger partial charge < -0.3 is 0 Å². The normalized spacial score (nSPS) is 23.0. The van der Waals surface area contributed by atoms with Crippen molar-refractivity contribution in [2.45, 2.75) is 33.1 Å². The number of hydrogen-bond acceptors (Lipinski definition) is 0. The van der Waals surface area contributed by atoms with Crippen molar-refractivity contribution in [2.24, 2.45) is 0 Å². The molecule has 0 saturated carbocycles. The van der Waals surface area contributed by atoms with E-state index in [1.165, 1.54) is 24.8 Å². The molecule has 1 rings (SSSR count). The van der Waals surface area contributed by atoms with E-state index in [1.807, 2.05) is 0 Å². The van der Waals surface area contributed by atoms with Gasteiger partial charge in [0.2, 0.25) is 0 Å². The maximum absolute atomic E-state index is 3.49. The van der Waals surface area contributed by atoms with Gasteiger partial charge in [0.25, 0.3) is 0 Å². The van der Waals surface area contributed by atoms with E-state index in [0.717, 1.165) is 5.33 Å². The number of alkyl halides is 1. The molecule has 0 N–H and O–H groups in total. The maximum Gasteiger partial charge on any atom is 0.0241 e. The third-order valence-electron chi connectivity index (χ3n) is 2.32. The van der Waals surface area contributed by atoms with E-state index in [4.69, 9.17) is 0 Å². The van der Waals surface area contributed by atoms with Gasteiger partial charge in [-0.15, -0.1) is 0 Å². The van der Waals surface area contributed by atoms with Gasteiger partial charge in [-0.3, -0.25) is 0 Å². The molecular weight excluding hydrogens is 200 g/mol. The molecule has 0 unspecified atom stereocenters. The average molecular weight is 215 g/mol. The fraction of sp³-hybridized carbons (Fsp3) is 0.600. The van der Waals surface area contributed by atoms with Gasteiger partial charge in [-0.2, -0.15) is 0 Å². The quantitative estimate of drug-likeness (QED) is 0.460. The molecule has 0 bridgehead atoms. The summed E-state index contributed by atoms with van der Waals surface area (Å²) in [6.45, 7) is 4.44. The minimum Gasteiger partial charge on any atom is -0.0880 e. The molecule has 0 saturated heterocycles. The first-order chi connectivity index (χ1) is 5.24. The van der Waals surface area contributed by atoms with Crippen LogP contribution in [0.5, 0.6) is 0 Å². The van der Waals surface area contributed by atoms with Crippen LogP contribution in [0.15, 0.2) is 22.8 Å². The largest absolute Gasteiger partial charge is 0.0880 e. The first-order valence-corrected chi connectivity index (χ1v) is 5.25. The first-order valence-electron chi connectivity index (χ1n) is 4.13. The third-order valence-corrected chi connectivity index (χ3v) is 3.16. The predicted molar refractivity (Wildman–Crippen MR) is 54.1 cm³/mol. The molecule has 0 aromatic heterocycles. The molecule has 0 aromatic carbocycles. The lowest BCUT2D eigenvalue weighted by Gasteiger charge is -2.14. The molecule has 1 heteroatoms. The summed E-state index contributed by atoms with van der Waals surface area (Å²) >= 11 is 3.49. The Labute approximate surface area is 77.5 Å². The van der Waals surface area contributed by atoms with Gasteiger partial charge in [0, 0.05) is 5.33 Å². The Morgan fingerprint density at radius 2 is 2.27 bits per heavy atom. The summed E-state index contributed by atoms with van der Waals surface area (Å²) < 4.78 is 0. The maximum atomic E-state index is 3.49. The standard InChI is InChI=1S/C10H15Br/c1-8-3-5-10(6-4-8)9(2)7-11/h3H,4-7H2,1-2H3/b10-9+. The monoisotopic (exact) mass is 214 g/mol. The number of allylic oxidation sites excluding steroid dienone is 4. The van der Waals surface area contributed by atoms with Crippen molar-refractivity contribution in [1.29, 1.82) is 0 Å². The Balaban J connectivity index is 2.66. The number of hydrogen-bond donors (Lipinski definition) is 0. The second-order valence-electron chi connectivity index (χ2n) is 3.27. The fourth-order valence-electron chi connectivity index (χ4n) is 1.33. The van der Waals surface area contributed by atoms with E-state index >= 15 is 0 Å². The highest BCUT2D eigenvalue weighted by Crippen LogP contribution is 2.25. The molecule has 0 aliphatic heterocycles. The average Bonchev–Trinajstić information content (AvgIpc) is 2.05. The highest BCUT2D eigenvalue weighted by atomic mass is 79.9. The van der Waals surface area contributed by atoms with E-state index in [9.17, 15) is 0 Å². The molecule has 0 amide bonds. The molecule has 0 heterocycles. The molecule has 0 nitrogen and oxygen atoms in total. The summed E-state index contributed by atoms with van der Waals surface area (Å²) in [5.41, 5.74) is 4.71. The molecule has 1 aliphatic carbocycles. The van der Waals surface area contributed by atoms with E-state index in [-0.39, 0.29) is 0 Å². The van der Waals surface area contributed by atoms with Crippen LogP contribution in [0.25, 0.3) is 0 Å². The molecule has 1 aliphatic rings. The Kier molecular flexibility index (Phi) is 3.38. The van der Waals surface area contributed by atoms with Crippen LogP contribution in [0.2, 0.25) is 0 Å².